The zero-order valence-corrected chi connectivity index (χ0v) is 12.5. The topological polar surface area (TPSA) is 106 Å². The second-order valence-electron chi connectivity index (χ2n) is 5.66. The molecule has 2 aliphatic heterocycles. The molecule has 0 amide bonds. The predicted molar refractivity (Wildman–Crippen MR) is 71.9 cm³/mol. The second kappa shape index (κ2) is 6.08. The van der Waals surface area contributed by atoms with Gasteiger partial charge in [-0.15, -0.1) is 0 Å². The number of fused-ring (bicyclic) bond motifs is 2. The Bertz CT molecular complexity index is 604. The predicted octanol–water partition coefficient (Wildman–Crippen LogP) is -0.231. The standard InChI is InChI=1S/C13H16F3N3O5/c1-22-4-12-5-23-10(24-12)7(8(20)9(12)21)18-6-2-3-17-11(19-6)13(14,15)16/h2-3,7-10,20-21H,4-5H2,1H3,(H,17,18,19)/t7-,8-,9-,10+,12+/m1/s1. The Labute approximate surface area is 134 Å². The number of nitrogens with one attached hydrogen (secondary N) is 1. The number of hydrogen-bond acceptors (Lipinski definition) is 8. The third-order valence-electron chi connectivity index (χ3n) is 3.98. The molecule has 0 spiro atoms. The van der Waals surface area contributed by atoms with Crippen molar-refractivity contribution in [3.8, 4) is 0 Å². The van der Waals surface area contributed by atoms with E-state index in [-0.39, 0.29) is 19.0 Å². The van der Waals surface area contributed by atoms with Crippen LogP contribution in [-0.2, 0) is 20.4 Å². The number of methoxy groups -OCH3 is 1. The van der Waals surface area contributed by atoms with Gasteiger partial charge in [0.15, 0.2) is 6.29 Å². The minimum atomic E-state index is -4.70. The molecule has 24 heavy (non-hydrogen) atoms. The molecule has 2 saturated heterocycles. The van der Waals surface area contributed by atoms with Crippen molar-refractivity contribution < 1.29 is 37.6 Å². The van der Waals surface area contributed by atoms with Crippen molar-refractivity contribution in [2.24, 2.45) is 0 Å². The minimum absolute atomic E-state index is 0.000174. The fourth-order valence-corrected chi connectivity index (χ4v) is 2.83. The molecule has 11 heteroatoms. The average molecular weight is 351 g/mol. The summed E-state index contributed by atoms with van der Waals surface area (Å²) in [6, 6.07) is 0.198. The van der Waals surface area contributed by atoms with Crippen LogP contribution < -0.4 is 5.32 Å². The Morgan fingerprint density at radius 1 is 1.46 bits per heavy atom. The van der Waals surface area contributed by atoms with Gasteiger partial charge < -0.3 is 29.7 Å². The summed E-state index contributed by atoms with van der Waals surface area (Å²) in [6.07, 6.45) is -7.43. The first-order chi connectivity index (χ1) is 11.3. The van der Waals surface area contributed by atoms with Gasteiger partial charge in [-0.3, -0.25) is 0 Å². The molecule has 0 saturated carbocycles. The molecule has 0 aliphatic carbocycles. The summed E-state index contributed by atoms with van der Waals surface area (Å²) in [5.41, 5.74) is -1.21. The van der Waals surface area contributed by atoms with E-state index in [4.69, 9.17) is 14.2 Å². The lowest BCUT2D eigenvalue weighted by Crippen LogP contribution is -2.64. The van der Waals surface area contributed by atoms with Crippen molar-refractivity contribution in [2.75, 3.05) is 25.6 Å². The van der Waals surface area contributed by atoms with Crippen molar-refractivity contribution >= 4 is 5.82 Å². The van der Waals surface area contributed by atoms with E-state index < -0.39 is 42.1 Å². The monoisotopic (exact) mass is 351 g/mol. The number of nitrogens with zero attached hydrogens (tertiary/aromatic N) is 2. The van der Waals surface area contributed by atoms with Gasteiger partial charge in [-0.2, -0.15) is 13.2 Å². The lowest BCUT2D eigenvalue weighted by atomic mass is 9.88. The van der Waals surface area contributed by atoms with E-state index in [0.717, 1.165) is 6.20 Å². The van der Waals surface area contributed by atoms with Crippen LogP contribution in [0.3, 0.4) is 0 Å². The highest BCUT2D eigenvalue weighted by molar-refractivity contribution is 5.36. The van der Waals surface area contributed by atoms with Gasteiger partial charge in [0, 0.05) is 13.3 Å². The third kappa shape index (κ3) is 2.93. The van der Waals surface area contributed by atoms with Crippen LogP contribution in [0.1, 0.15) is 5.82 Å². The van der Waals surface area contributed by atoms with Crippen molar-refractivity contribution in [3.05, 3.63) is 18.1 Å². The van der Waals surface area contributed by atoms with Crippen molar-refractivity contribution in [1.82, 2.24) is 9.97 Å². The normalized spacial score (nSPS) is 35.9. The molecule has 3 rings (SSSR count). The Kier molecular flexibility index (Phi) is 4.38. The largest absolute Gasteiger partial charge is 0.451 e. The molecule has 3 N–H and O–H groups in total. The number of aromatic nitrogens is 2. The molecule has 2 aliphatic rings. The first-order valence-corrected chi connectivity index (χ1v) is 7.08. The second-order valence-corrected chi connectivity index (χ2v) is 5.66. The van der Waals surface area contributed by atoms with Crippen LogP contribution in [0.15, 0.2) is 12.3 Å². The molecule has 1 aromatic rings. The zero-order valence-electron chi connectivity index (χ0n) is 12.5. The van der Waals surface area contributed by atoms with Crippen molar-refractivity contribution in [1.29, 1.82) is 0 Å². The molecule has 0 radical (unpaired) electrons. The van der Waals surface area contributed by atoms with Gasteiger partial charge in [0.25, 0.3) is 0 Å². The van der Waals surface area contributed by atoms with Gasteiger partial charge in [0.2, 0.25) is 5.82 Å². The van der Waals surface area contributed by atoms with Crippen LogP contribution in [0.4, 0.5) is 19.0 Å². The molecule has 2 fully saturated rings. The quantitative estimate of drug-likeness (QED) is 0.683. The van der Waals surface area contributed by atoms with E-state index in [2.05, 4.69) is 15.3 Å². The van der Waals surface area contributed by atoms with Crippen LogP contribution in [0.5, 0.6) is 0 Å². The highest BCUT2D eigenvalue weighted by Gasteiger charge is 2.59. The van der Waals surface area contributed by atoms with E-state index in [0.29, 0.717) is 0 Å². The average Bonchev–Trinajstić information content (AvgIpc) is 2.92. The van der Waals surface area contributed by atoms with Gasteiger partial charge in [-0.1, -0.05) is 0 Å². The van der Waals surface area contributed by atoms with Crippen LogP contribution in [0.25, 0.3) is 0 Å². The Balaban J connectivity index is 1.79. The number of anilines is 1. The molecular weight excluding hydrogens is 335 g/mol. The van der Waals surface area contributed by atoms with E-state index >= 15 is 0 Å². The summed E-state index contributed by atoms with van der Waals surface area (Å²) < 4.78 is 54.0. The molecule has 5 atom stereocenters. The number of aliphatic hydroxyl groups is 2. The molecule has 8 nitrogen and oxygen atoms in total. The van der Waals surface area contributed by atoms with Gasteiger partial charge in [-0.05, 0) is 6.07 Å². The maximum absolute atomic E-state index is 12.7. The van der Waals surface area contributed by atoms with E-state index in [1.165, 1.54) is 13.2 Å². The SMILES string of the molecule is COC[C@@]12CO[C@@H](O1)[C@H](Nc1ccnc(C(F)(F)F)n1)[C@@H](O)[C@H]2O. The lowest BCUT2D eigenvalue weighted by molar-refractivity contribution is -0.227. The fourth-order valence-electron chi connectivity index (χ4n) is 2.83. The van der Waals surface area contributed by atoms with Crippen LogP contribution in [-0.4, -0.2) is 70.6 Å². The summed E-state index contributed by atoms with van der Waals surface area (Å²) in [5, 5.41) is 23.2. The van der Waals surface area contributed by atoms with E-state index in [9.17, 15) is 23.4 Å². The van der Waals surface area contributed by atoms with Crippen molar-refractivity contribution in [2.45, 2.75) is 36.3 Å². The Hall–Kier alpha value is -1.53. The summed E-state index contributed by atoms with van der Waals surface area (Å²) in [7, 11) is 1.41. The Morgan fingerprint density at radius 3 is 2.88 bits per heavy atom. The molecule has 2 bridgehead atoms. The number of alkyl halides is 3. The number of aliphatic hydroxyl groups excluding tert-OH is 2. The molecule has 0 aromatic carbocycles. The molecular formula is C13H16F3N3O5. The highest BCUT2D eigenvalue weighted by Crippen LogP contribution is 2.38. The molecule has 134 valence electrons. The van der Waals surface area contributed by atoms with Crippen LogP contribution in [0, 0.1) is 0 Å². The van der Waals surface area contributed by atoms with Crippen LogP contribution in [0.2, 0.25) is 0 Å². The lowest BCUT2D eigenvalue weighted by Gasteiger charge is -2.42. The first-order valence-electron chi connectivity index (χ1n) is 7.08. The summed E-state index contributed by atoms with van der Waals surface area (Å²) in [6.45, 7) is -0.0142. The van der Waals surface area contributed by atoms with Gasteiger partial charge >= 0.3 is 6.18 Å². The third-order valence-corrected chi connectivity index (χ3v) is 3.98. The molecule has 3 heterocycles. The maximum atomic E-state index is 12.7. The Morgan fingerprint density at radius 2 is 2.21 bits per heavy atom. The number of halogens is 3. The van der Waals surface area contributed by atoms with Crippen LogP contribution >= 0.6 is 0 Å². The van der Waals surface area contributed by atoms with Gasteiger partial charge in [0.05, 0.1) is 13.2 Å². The number of ether oxygens (including phenoxy) is 3. The number of hydrogen-bond donors (Lipinski definition) is 3. The van der Waals surface area contributed by atoms with Crippen molar-refractivity contribution in [3.63, 3.8) is 0 Å². The summed E-state index contributed by atoms with van der Waals surface area (Å²) in [5.74, 6) is -1.49. The van der Waals surface area contributed by atoms with E-state index in [1.54, 1.807) is 0 Å². The smallest absolute Gasteiger partial charge is 0.388 e. The summed E-state index contributed by atoms with van der Waals surface area (Å²) >= 11 is 0. The maximum Gasteiger partial charge on any atom is 0.451 e. The number of rotatable bonds is 4. The minimum Gasteiger partial charge on any atom is -0.388 e. The first kappa shape index (κ1) is 17.3. The highest BCUT2D eigenvalue weighted by atomic mass is 19.4. The molecule has 0 unspecified atom stereocenters. The van der Waals surface area contributed by atoms with E-state index in [1.807, 2.05) is 0 Å². The zero-order chi connectivity index (χ0) is 17.5. The summed E-state index contributed by atoms with van der Waals surface area (Å²) in [4.78, 5) is 6.51. The molecule has 1 aromatic heterocycles. The van der Waals surface area contributed by atoms with Gasteiger partial charge in [0.1, 0.15) is 29.7 Å². The fraction of sp³-hybridized carbons (Fsp3) is 0.692. The van der Waals surface area contributed by atoms with Gasteiger partial charge in [-0.25, -0.2) is 9.97 Å².